The van der Waals surface area contributed by atoms with Crippen LogP contribution in [0.1, 0.15) is 46.0 Å². The topological polar surface area (TPSA) is 41.5 Å². The molecule has 0 bridgehead atoms. The van der Waals surface area contributed by atoms with Crippen molar-refractivity contribution in [2.45, 2.75) is 57.7 Å². The Labute approximate surface area is 93.2 Å². The van der Waals surface area contributed by atoms with E-state index < -0.39 is 5.60 Å². The molecule has 3 nitrogen and oxygen atoms in total. The summed E-state index contributed by atoms with van der Waals surface area (Å²) in [4.78, 5) is 0. The fraction of sp³-hybridized carbons (Fsp3) is 1.00. The number of nitrogens with one attached hydrogen (secondary N) is 1. The molecule has 2 N–H and O–H groups in total. The lowest BCUT2D eigenvalue weighted by molar-refractivity contribution is 0.0551. The lowest BCUT2D eigenvalue weighted by Gasteiger charge is -2.17. The van der Waals surface area contributed by atoms with E-state index >= 15 is 0 Å². The summed E-state index contributed by atoms with van der Waals surface area (Å²) in [6.45, 7) is 6.23. The van der Waals surface area contributed by atoms with E-state index in [4.69, 9.17) is 4.74 Å². The van der Waals surface area contributed by atoms with Crippen LogP contribution in [-0.2, 0) is 4.74 Å². The van der Waals surface area contributed by atoms with Crippen molar-refractivity contribution in [2.24, 2.45) is 0 Å². The van der Waals surface area contributed by atoms with Crippen molar-refractivity contribution >= 4 is 0 Å². The fourth-order valence-corrected chi connectivity index (χ4v) is 1.87. The molecule has 0 atom stereocenters. The van der Waals surface area contributed by atoms with Crippen molar-refractivity contribution in [1.29, 1.82) is 0 Å². The van der Waals surface area contributed by atoms with Crippen molar-refractivity contribution < 1.29 is 9.84 Å². The van der Waals surface area contributed by atoms with Gasteiger partial charge in [-0.1, -0.05) is 12.8 Å². The first-order chi connectivity index (χ1) is 7.08. The molecule has 0 radical (unpaired) electrons. The SMILES string of the molecule is CC(C)(O)CCNCCOC1CCCC1. The first kappa shape index (κ1) is 12.9. The molecule has 1 saturated carbocycles. The molecular weight excluding hydrogens is 190 g/mol. The Kier molecular flexibility index (Phi) is 5.58. The van der Waals surface area contributed by atoms with Gasteiger partial charge in [0.05, 0.1) is 18.3 Å². The Hall–Kier alpha value is -0.120. The van der Waals surface area contributed by atoms with E-state index in [9.17, 15) is 5.11 Å². The van der Waals surface area contributed by atoms with Crippen molar-refractivity contribution in [3.63, 3.8) is 0 Å². The molecule has 1 rings (SSSR count). The maximum atomic E-state index is 9.48. The first-order valence-electron chi connectivity index (χ1n) is 6.13. The second kappa shape index (κ2) is 6.46. The second-order valence-electron chi connectivity index (χ2n) is 5.09. The highest BCUT2D eigenvalue weighted by atomic mass is 16.5. The second-order valence-corrected chi connectivity index (χ2v) is 5.09. The Balaban J connectivity index is 1.84. The van der Waals surface area contributed by atoms with Gasteiger partial charge >= 0.3 is 0 Å². The lowest BCUT2D eigenvalue weighted by atomic mass is 10.1. The van der Waals surface area contributed by atoms with Crippen LogP contribution in [0.2, 0.25) is 0 Å². The van der Waals surface area contributed by atoms with Crippen molar-refractivity contribution in [1.82, 2.24) is 5.32 Å². The van der Waals surface area contributed by atoms with Crippen LogP contribution >= 0.6 is 0 Å². The molecule has 1 fully saturated rings. The van der Waals surface area contributed by atoms with E-state index in [1.54, 1.807) is 0 Å². The summed E-state index contributed by atoms with van der Waals surface area (Å²) in [5, 5.41) is 12.8. The molecule has 1 aliphatic rings. The summed E-state index contributed by atoms with van der Waals surface area (Å²) < 4.78 is 5.71. The average molecular weight is 215 g/mol. The van der Waals surface area contributed by atoms with Gasteiger partial charge < -0.3 is 15.2 Å². The average Bonchev–Trinajstić information content (AvgIpc) is 2.61. The number of hydrogen-bond acceptors (Lipinski definition) is 3. The molecular formula is C12H25NO2. The van der Waals surface area contributed by atoms with Crippen LogP contribution in [0.25, 0.3) is 0 Å². The highest BCUT2D eigenvalue weighted by Crippen LogP contribution is 2.20. The molecule has 0 aliphatic heterocycles. The maximum Gasteiger partial charge on any atom is 0.0603 e. The zero-order chi connectivity index (χ0) is 11.1. The summed E-state index contributed by atoms with van der Waals surface area (Å²) in [5.41, 5.74) is -0.556. The number of aliphatic hydroxyl groups is 1. The number of hydrogen-bond donors (Lipinski definition) is 2. The largest absolute Gasteiger partial charge is 0.390 e. The monoisotopic (exact) mass is 215 g/mol. The normalized spacial score (nSPS) is 18.6. The van der Waals surface area contributed by atoms with E-state index in [1.807, 2.05) is 13.8 Å². The van der Waals surface area contributed by atoms with Crippen LogP contribution in [0.15, 0.2) is 0 Å². The highest BCUT2D eigenvalue weighted by Gasteiger charge is 2.14. The van der Waals surface area contributed by atoms with Gasteiger partial charge in [-0.25, -0.2) is 0 Å². The van der Waals surface area contributed by atoms with Crippen LogP contribution in [0.5, 0.6) is 0 Å². The van der Waals surface area contributed by atoms with Gasteiger partial charge in [-0.05, 0) is 39.7 Å². The molecule has 0 saturated heterocycles. The Bertz CT molecular complexity index is 159. The minimum Gasteiger partial charge on any atom is -0.390 e. The van der Waals surface area contributed by atoms with Crippen LogP contribution in [0.3, 0.4) is 0 Å². The summed E-state index contributed by atoms with van der Waals surface area (Å²) in [6, 6.07) is 0. The van der Waals surface area contributed by atoms with E-state index in [2.05, 4.69) is 5.32 Å². The van der Waals surface area contributed by atoms with Crippen LogP contribution in [0, 0.1) is 0 Å². The van der Waals surface area contributed by atoms with E-state index in [0.717, 1.165) is 26.1 Å². The van der Waals surface area contributed by atoms with Gasteiger partial charge in [0, 0.05) is 6.54 Å². The molecule has 0 unspecified atom stereocenters. The minimum absolute atomic E-state index is 0.515. The fourth-order valence-electron chi connectivity index (χ4n) is 1.87. The van der Waals surface area contributed by atoms with Gasteiger partial charge in [0.2, 0.25) is 0 Å². The summed E-state index contributed by atoms with van der Waals surface area (Å²) >= 11 is 0. The molecule has 0 aromatic carbocycles. The summed E-state index contributed by atoms with van der Waals surface area (Å²) in [7, 11) is 0. The van der Waals surface area contributed by atoms with E-state index in [1.165, 1.54) is 25.7 Å². The van der Waals surface area contributed by atoms with E-state index in [-0.39, 0.29) is 0 Å². The predicted octanol–water partition coefficient (Wildman–Crippen LogP) is 1.70. The van der Waals surface area contributed by atoms with Crippen molar-refractivity contribution in [2.75, 3.05) is 19.7 Å². The third-order valence-electron chi connectivity index (χ3n) is 2.85. The van der Waals surface area contributed by atoms with Crippen molar-refractivity contribution in [3.8, 4) is 0 Å². The van der Waals surface area contributed by atoms with Crippen LogP contribution < -0.4 is 5.32 Å². The number of rotatable bonds is 7. The van der Waals surface area contributed by atoms with Gasteiger partial charge in [0.25, 0.3) is 0 Å². The third-order valence-corrected chi connectivity index (χ3v) is 2.85. The molecule has 0 spiro atoms. The van der Waals surface area contributed by atoms with E-state index in [0.29, 0.717) is 6.10 Å². The predicted molar refractivity (Wildman–Crippen MR) is 62.0 cm³/mol. The smallest absolute Gasteiger partial charge is 0.0603 e. The Morgan fingerprint density at radius 1 is 1.27 bits per heavy atom. The third kappa shape index (κ3) is 6.88. The Morgan fingerprint density at radius 2 is 1.93 bits per heavy atom. The molecule has 0 heterocycles. The Morgan fingerprint density at radius 3 is 2.53 bits per heavy atom. The van der Waals surface area contributed by atoms with Crippen LogP contribution in [-0.4, -0.2) is 36.5 Å². The quantitative estimate of drug-likeness (QED) is 0.635. The standard InChI is InChI=1S/C12H25NO2/c1-12(2,14)7-8-13-9-10-15-11-5-3-4-6-11/h11,13-14H,3-10H2,1-2H3. The molecule has 0 aromatic heterocycles. The first-order valence-corrected chi connectivity index (χ1v) is 6.13. The maximum absolute atomic E-state index is 9.48. The minimum atomic E-state index is -0.556. The summed E-state index contributed by atoms with van der Waals surface area (Å²) in [5.74, 6) is 0. The molecule has 3 heteroatoms. The van der Waals surface area contributed by atoms with Crippen LogP contribution in [0.4, 0.5) is 0 Å². The van der Waals surface area contributed by atoms with Gasteiger partial charge in [-0.2, -0.15) is 0 Å². The van der Waals surface area contributed by atoms with Crippen molar-refractivity contribution in [3.05, 3.63) is 0 Å². The number of ether oxygens (including phenoxy) is 1. The van der Waals surface area contributed by atoms with Gasteiger partial charge in [-0.15, -0.1) is 0 Å². The van der Waals surface area contributed by atoms with Gasteiger partial charge in [-0.3, -0.25) is 0 Å². The summed E-state index contributed by atoms with van der Waals surface area (Å²) in [6.07, 6.45) is 6.44. The zero-order valence-electron chi connectivity index (χ0n) is 10.1. The molecule has 90 valence electrons. The van der Waals surface area contributed by atoms with Gasteiger partial charge in [0.1, 0.15) is 0 Å². The molecule has 1 aliphatic carbocycles. The molecule has 15 heavy (non-hydrogen) atoms. The zero-order valence-corrected chi connectivity index (χ0v) is 10.1. The molecule has 0 aromatic rings. The molecule has 0 amide bonds. The van der Waals surface area contributed by atoms with Gasteiger partial charge in [0.15, 0.2) is 0 Å². The lowest BCUT2D eigenvalue weighted by Crippen LogP contribution is -2.29. The highest BCUT2D eigenvalue weighted by molar-refractivity contribution is 4.68.